The van der Waals surface area contributed by atoms with Crippen LogP contribution in [0.2, 0.25) is 0 Å². The third-order valence-corrected chi connectivity index (χ3v) is 12.4. The van der Waals surface area contributed by atoms with Gasteiger partial charge in [0.15, 0.2) is 0 Å². The Hall–Kier alpha value is -6.76. The standard InChI is InChI=1S/C21H20.C15H16.C14H14.C13H12.C2H6/c1-15-8-11-18(12-9-15)19-13-10-17(3)21(14-19)20-7-5-4-6-16(20)2;1-11-8-9-15(13(3)10-11)14-7-5-4-6-12(14)2;1-10-6-7-14-12(8-10)9-11-4-2-3-5-13(11)14;1-11-7-9-13(10-8-11)12-5-3-2-4-6-12;1-2/h4-14H,1-3H3;4-10H,1-3H3;2-8,11,13H,9H2,1H3;2-10H,1H3;1-2H3. The van der Waals surface area contributed by atoms with Crippen molar-refractivity contribution < 1.29 is 0 Å². The van der Waals surface area contributed by atoms with Gasteiger partial charge in [0.2, 0.25) is 0 Å². The minimum atomic E-state index is 0.649. The van der Waals surface area contributed by atoms with Gasteiger partial charge in [-0.05, 0) is 152 Å². The molecule has 0 radical (unpaired) electrons. The predicted molar refractivity (Wildman–Crippen MR) is 285 cm³/mol. The van der Waals surface area contributed by atoms with Gasteiger partial charge in [0.05, 0.1) is 0 Å². The first-order valence-corrected chi connectivity index (χ1v) is 23.5. The van der Waals surface area contributed by atoms with Gasteiger partial charge in [0.25, 0.3) is 0 Å². The molecule has 328 valence electrons. The van der Waals surface area contributed by atoms with Gasteiger partial charge in [-0.2, -0.15) is 0 Å². The van der Waals surface area contributed by atoms with Crippen molar-refractivity contribution >= 4 is 0 Å². The van der Waals surface area contributed by atoms with E-state index in [1.807, 2.05) is 19.9 Å². The third kappa shape index (κ3) is 12.7. The van der Waals surface area contributed by atoms with E-state index in [1.165, 1.54) is 95.4 Å². The fourth-order valence-corrected chi connectivity index (χ4v) is 8.75. The van der Waals surface area contributed by atoms with Crippen molar-refractivity contribution in [3.63, 3.8) is 0 Å². The first-order chi connectivity index (χ1) is 31.5. The molecule has 0 saturated heterocycles. The molecule has 2 unspecified atom stereocenters. The van der Waals surface area contributed by atoms with Gasteiger partial charge in [0, 0.05) is 5.92 Å². The highest BCUT2D eigenvalue weighted by Gasteiger charge is 2.29. The number of hydrogen-bond acceptors (Lipinski definition) is 0. The van der Waals surface area contributed by atoms with Gasteiger partial charge < -0.3 is 0 Å². The highest BCUT2D eigenvalue weighted by Crippen LogP contribution is 2.41. The molecule has 65 heavy (non-hydrogen) atoms. The van der Waals surface area contributed by atoms with E-state index in [2.05, 4.69) is 256 Å². The molecule has 8 aromatic carbocycles. The molecular weight excluding hydrogens is 781 g/mol. The Morgan fingerprint density at radius 3 is 1.37 bits per heavy atom. The van der Waals surface area contributed by atoms with Crippen LogP contribution in [0.3, 0.4) is 0 Å². The van der Waals surface area contributed by atoms with Gasteiger partial charge in [-0.1, -0.05) is 236 Å². The number of allylic oxidation sites excluding steroid dienone is 4. The summed E-state index contributed by atoms with van der Waals surface area (Å²) in [5.41, 5.74) is 24.2. The van der Waals surface area contributed by atoms with Crippen molar-refractivity contribution in [2.75, 3.05) is 0 Å². The molecule has 0 heteroatoms. The third-order valence-electron chi connectivity index (χ3n) is 12.4. The summed E-state index contributed by atoms with van der Waals surface area (Å²) in [6.45, 7) is 21.2. The lowest BCUT2D eigenvalue weighted by Gasteiger charge is -2.15. The number of rotatable bonds is 4. The molecule has 0 nitrogen and oxygen atoms in total. The zero-order valence-corrected chi connectivity index (χ0v) is 40.5. The van der Waals surface area contributed by atoms with E-state index in [-0.39, 0.29) is 0 Å². The Balaban J connectivity index is 0.000000144. The molecule has 0 amide bonds. The van der Waals surface area contributed by atoms with Crippen LogP contribution >= 0.6 is 0 Å². The number of fused-ring (bicyclic) bond motifs is 3. The van der Waals surface area contributed by atoms with E-state index >= 15 is 0 Å². The minimum absolute atomic E-state index is 0.649. The second-order valence-electron chi connectivity index (χ2n) is 17.4. The number of hydrogen-bond donors (Lipinski definition) is 0. The quantitative estimate of drug-likeness (QED) is 0.166. The summed E-state index contributed by atoms with van der Waals surface area (Å²) in [5.74, 6) is 1.37. The monoisotopic (exact) mass is 849 g/mol. The molecule has 0 N–H and O–H groups in total. The molecule has 2 atom stereocenters. The zero-order chi connectivity index (χ0) is 46.3. The lowest BCUT2D eigenvalue weighted by molar-refractivity contribution is 0.630. The topological polar surface area (TPSA) is 0 Å². The normalized spacial score (nSPS) is 13.8. The van der Waals surface area contributed by atoms with Gasteiger partial charge >= 0.3 is 0 Å². The van der Waals surface area contributed by atoms with Crippen LogP contribution in [0.4, 0.5) is 0 Å². The lowest BCUT2D eigenvalue weighted by Crippen LogP contribution is -2.04. The van der Waals surface area contributed by atoms with Crippen molar-refractivity contribution in [3.8, 4) is 44.5 Å². The molecule has 0 fully saturated rings. The maximum Gasteiger partial charge on any atom is 0.00899 e. The van der Waals surface area contributed by atoms with Crippen LogP contribution in [0.5, 0.6) is 0 Å². The van der Waals surface area contributed by atoms with E-state index in [1.54, 1.807) is 11.1 Å². The van der Waals surface area contributed by atoms with Crippen LogP contribution in [0.1, 0.15) is 75.4 Å². The first-order valence-electron chi connectivity index (χ1n) is 23.5. The van der Waals surface area contributed by atoms with Crippen LogP contribution in [-0.2, 0) is 6.42 Å². The van der Waals surface area contributed by atoms with Crippen molar-refractivity contribution in [3.05, 3.63) is 262 Å². The molecule has 0 bridgehead atoms. The SMILES string of the molecule is CC.Cc1ccc(-c2ccc(C)c(-c3ccccc3C)c2)cc1.Cc1ccc(-c2ccccc2)cc1.Cc1ccc(-c2ccccc2C)c(C)c1.Cc1ccc2c(c1)CC1C=CC=CC21. The summed E-state index contributed by atoms with van der Waals surface area (Å²) < 4.78 is 0. The van der Waals surface area contributed by atoms with Crippen molar-refractivity contribution in [1.82, 2.24) is 0 Å². The maximum atomic E-state index is 2.35. The Morgan fingerprint density at radius 1 is 0.323 bits per heavy atom. The van der Waals surface area contributed by atoms with Crippen LogP contribution in [0.15, 0.2) is 206 Å². The number of aryl methyl sites for hydroxylation is 8. The second-order valence-corrected chi connectivity index (χ2v) is 17.4. The highest BCUT2D eigenvalue weighted by molar-refractivity contribution is 5.77. The minimum Gasteiger partial charge on any atom is -0.0802 e. The van der Waals surface area contributed by atoms with Crippen molar-refractivity contribution in [2.45, 2.75) is 81.6 Å². The maximum absolute atomic E-state index is 2.35. The van der Waals surface area contributed by atoms with Crippen LogP contribution in [0, 0.1) is 61.3 Å². The fraction of sp³-hybridized carbons (Fsp3) is 0.200. The molecule has 10 rings (SSSR count). The molecule has 2 aliphatic rings. The molecular formula is C65H68. The Kier molecular flexibility index (Phi) is 17.1. The zero-order valence-electron chi connectivity index (χ0n) is 40.5. The van der Waals surface area contributed by atoms with Crippen LogP contribution < -0.4 is 0 Å². The molecule has 0 heterocycles. The van der Waals surface area contributed by atoms with Gasteiger partial charge in [-0.15, -0.1) is 0 Å². The summed E-state index contributed by atoms with van der Waals surface area (Å²) in [4.78, 5) is 0. The van der Waals surface area contributed by atoms with Crippen molar-refractivity contribution in [1.29, 1.82) is 0 Å². The molecule has 2 aliphatic carbocycles. The Morgan fingerprint density at radius 2 is 0.769 bits per heavy atom. The van der Waals surface area contributed by atoms with Gasteiger partial charge in [-0.3, -0.25) is 0 Å². The summed E-state index contributed by atoms with van der Waals surface area (Å²) in [6, 6.07) is 65.1. The van der Waals surface area contributed by atoms with E-state index in [4.69, 9.17) is 0 Å². The molecule has 0 aromatic heterocycles. The van der Waals surface area contributed by atoms with Gasteiger partial charge in [-0.25, -0.2) is 0 Å². The summed E-state index contributed by atoms with van der Waals surface area (Å²) in [7, 11) is 0. The van der Waals surface area contributed by atoms with E-state index in [0.29, 0.717) is 5.92 Å². The average molecular weight is 849 g/mol. The average Bonchev–Trinajstić information content (AvgIpc) is 3.70. The molecule has 0 saturated carbocycles. The fourth-order valence-electron chi connectivity index (χ4n) is 8.75. The lowest BCUT2D eigenvalue weighted by atomic mass is 9.89. The van der Waals surface area contributed by atoms with Crippen LogP contribution in [-0.4, -0.2) is 0 Å². The van der Waals surface area contributed by atoms with E-state index in [0.717, 1.165) is 5.92 Å². The van der Waals surface area contributed by atoms with E-state index in [9.17, 15) is 0 Å². The molecule has 0 aliphatic heterocycles. The summed E-state index contributed by atoms with van der Waals surface area (Å²) >= 11 is 0. The smallest absolute Gasteiger partial charge is 0.00899 e. The van der Waals surface area contributed by atoms with E-state index < -0.39 is 0 Å². The van der Waals surface area contributed by atoms with Crippen molar-refractivity contribution in [2.24, 2.45) is 5.92 Å². The summed E-state index contributed by atoms with van der Waals surface area (Å²) in [6.07, 6.45) is 10.3. The van der Waals surface area contributed by atoms with Crippen LogP contribution in [0.25, 0.3) is 44.5 Å². The molecule has 8 aromatic rings. The predicted octanol–water partition coefficient (Wildman–Crippen LogP) is 18.3. The highest BCUT2D eigenvalue weighted by atomic mass is 14.3. The Bertz CT molecular complexity index is 2810. The first kappa shape index (κ1) is 47.7. The second kappa shape index (κ2) is 23.3. The summed E-state index contributed by atoms with van der Waals surface area (Å²) in [5, 5.41) is 0. The Labute approximate surface area is 392 Å². The largest absolute Gasteiger partial charge is 0.0802 e. The van der Waals surface area contributed by atoms with Gasteiger partial charge in [0.1, 0.15) is 0 Å². The number of benzene rings is 8. The molecule has 0 spiro atoms.